The lowest BCUT2D eigenvalue weighted by molar-refractivity contribution is -0.118. The topological polar surface area (TPSA) is 41.1 Å². The zero-order chi connectivity index (χ0) is 13.7. The normalized spacial score (nSPS) is 12.3. The predicted molar refractivity (Wildman–Crippen MR) is 71.5 cm³/mol. The van der Waals surface area contributed by atoms with E-state index in [1.54, 1.807) is 0 Å². The number of halogens is 3. The molecule has 0 aliphatic heterocycles. The maximum absolute atomic E-state index is 13.3. The molecule has 0 aliphatic carbocycles. The minimum Gasteiger partial charge on any atom is -0.355 e. The van der Waals surface area contributed by atoms with E-state index in [4.69, 9.17) is 23.2 Å². The van der Waals surface area contributed by atoms with Crippen molar-refractivity contribution >= 4 is 29.1 Å². The Bertz CT molecular complexity index is 440. The summed E-state index contributed by atoms with van der Waals surface area (Å²) in [4.78, 5) is 10.7. The lowest BCUT2D eigenvalue weighted by atomic mass is 10.1. The van der Waals surface area contributed by atoms with Gasteiger partial charge in [0.2, 0.25) is 5.91 Å². The largest absolute Gasteiger partial charge is 0.355 e. The van der Waals surface area contributed by atoms with Crippen LogP contribution in [0, 0.1) is 5.82 Å². The standard InChI is InChI=1S/C12H15Cl2FN2O/c1-7(16-3-4-17-8(2)18)9-5-12(15)11(14)6-10(9)13/h5-7,16H,3-4H2,1-2H3,(H,17,18). The Balaban J connectivity index is 2.58. The van der Waals surface area contributed by atoms with Crippen molar-refractivity contribution in [3.63, 3.8) is 0 Å². The van der Waals surface area contributed by atoms with Gasteiger partial charge in [-0.2, -0.15) is 0 Å². The third-order valence-corrected chi connectivity index (χ3v) is 3.07. The highest BCUT2D eigenvalue weighted by Crippen LogP contribution is 2.28. The van der Waals surface area contributed by atoms with Gasteiger partial charge >= 0.3 is 0 Å². The minimum absolute atomic E-state index is 0.00852. The van der Waals surface area contributed by atoms with Gasteiger partial charge in [0.05, 0.1) is 5.02 Å². The SMILES string of the molecule is CC(=O)NCCNC(C)c1cc(F)c(Cl)cc1Cl. The minimum atomic E-state index is -0.494. The number of hydrogen-bond acceptors (Lipinski definition) is 2. The first-order valence-electron chi connectivity index (χ1n) is 5.54. The van der Waals surface area contributed by atoms with Crippen molar-refractivity contribution in [3.05, 3.63) is 33.6 Å². The van der Waals surface area contributed by atoms with Crippen LogP contribution in [0.25, 0.3) is 0 Å². The fraction of sp³-hybridized carbons (Fsp3) is 0.417. The fourth-order valence-electron chi connectivity index (χ4n) is 1.51. The maximum atomic E-state index is 13.3. The first-order chi connectivity index (χ1) is 8.41. The van der Waals surface area contributed by atoms with E-state index >= 15 is 0 Å². The van der Waals surface area contributed by atoms with E-state index in [-0.39, 0.29) is 17.0 Å². The second-order valence-electron chi connectivity index (χ2n) is 3.95. The Kier molecular flexibility index (Phi) is 5.85. The van der Waals surface area contributed by atoms with E-state index in [0.29, 0.717) is 23.7 Å². The van der Waals surface area contributed by atoms with Crippen LogP contribution in [0.5, 0.6) is 0 Å². The zero-order valence-electron chi connectivity index (χ0n) is 10.2. The molecule has 3 nitrogen and oxygen atoms in total. The molecule has 0 aromatic heterocycles. The highest BCUT2D eigenvalue weighted by molar-refractivity contribution is 6.35. The predicted octanol–water partition coefficient (Wildman–Crippen LogP) is 2.92. The van der Waals surface area contributed by atoms with Gasteiger partial charge in [-0.1, -0.05) is 23.2 Å². The summed E-state index contributed by atoms with van der Waals surface area (Å²) in [6.45, 7) is 4.39. The van der Waals surface area contributed by atoms with E-state index in [1.807, 2.05) is 6.92 Å². The third-order valence-electron chi connectivity index (χ3n) is 2.46. The summed E-state index contributed by atoms with van der Waals surface area (Å²) in [7, 11) is 0. The summed E-state index contributed by atoms with van der Waals surface area (Å²) >= 11 is 11.6. The second kappa shape index (κ2) is 6.92. The molecule has 0 heterocycles. The average molecular weight is 293 g/mol. The first kappa shape index (κ1) is 15.2. The Labute approximate surface area is 116 Å². The molecule has 100 valence electrons. The molecule has 1 atom stereocenters. The van der Waals surface area contributed by atoms with Crippen LogP contribution in [0.4, 0.5) is 4.39 Å². The third kappa shape index (κ3) is 4.44. The summed E-state index contributed by atoms with van der Waals surface area (Å²) < 4.78 is 13.3. The van der Waals surface area contributed by atoms with Gasteiger partial charge in [0.25, 0.3) is 0 Å². The van der Waals surface area contributed by atoms with Crippen molar-refractivity contribution in [2.45, 2.75) is 19.9 Å². The van der Waals surface area contributed by atoms with Crippen molar-refractivity contribution < 1.29 is 9.18 Å². The summed E-state index contributed by atoms with van der Waals surface area (Å²) in [6.07, 6.45) is 0. The molecule has 0 saturated carbocycles. The second-order valence-corrected chi connectivity index (χ2v) is 4.76. The van der Waals surface area contributed by atoms with E-state index in [2.05, 4.69) is 10.6 Å². The Hall–Kier alpha value is -0.840. The molecular weight excluding hydrogens is 278 g/mol. The Morgan fingerprint density at radius 1 is 1.33 bits per heavy atom. The molecular formula is C12H15Cl2FN2O. The molecule has 0 fully saturated rings. The van der Waals surface area contributed by atoms with Gasteiger partial charge < -0.3 is 10.6 Å². The number of hydrogen-bond donors (Lipinski definition) is 2. The summed E-state index contributed by atoms with van der Waals surface area (Å²) in [5.41, 5.74) is 0.640. The van der Waals surface area contributed by atoms with Crippen molar-refractivity contribution in [1.29, 1.82) is 0 Å². The number of nitrogens with one attached hydrogen (secondary N) is 2. The number of benzene rings is 1. The lowest BCUT2D eigenvalue weighted by Crippen LogP contribution is -2.31. The number of carbonyl (C=O) groups is 1. The first-order valence-corrected chi connectivity index (χ1v) is 6.29. The van der Waals surface area contributed by atoms with E-state index in [0.717, 1.165) is 0 Å². The number of amides is 1. The molecule has 0 bridgehead atoms. The molecule has 1 rings (SSSR count). The van der Waals surface area contributed by atoms with Crippen molar-refractivity contribution in [1.82, 2.24) is 10.6 Å². The van der Waals surface area contributed by atoms with Gasteiger partial charge in [0.1, 0.15) is 5.82 Å². The van der Waals surface area contributed by atoms with Crippen LogP contribution in [-0.4, -0.2) is 19.0 Å². The number of carbonyl (C=O) groups excluding carboxylic acids is 1. The summed E-state index contributed by atoms with van der Waals surface area (Å²) in [6, 6.07) is 2.58. The van der Waals surface area contributed by atoms with Crippen LogP contribution in [0.3, 0.4) is 0 Å². The molecule has 6 heteroatoms. The van der Waals surface area contributed by atoms with Crippen LogP contribution >= 0.6 is 23.2 Å². The van der Waals surface area contributed by atoms with E-state index in [1.165, 1.54) is 19.1 Å². The summed E-state index contributed by atoms with van der Waals surface area (Å²) in [5.74, 6) is -0.577. The summed E-state index contributed by atoms with van der Waals surface area (Å²) in [5, 5.41) is 6.22. The Morgan fingerprint density at radius 2 is 2.00 bits per heavy atom. The van der Waals surface area contributed by atoms with Gasteiger partial charge in [0, 0.05) is 31.1 Å². The van der Waals surface area contributed by atoms with Gasteiger partial charge in [-0.25, -0.2) is 4.39 Å². The molecule has 0 spiro atoms. The fourth-order valence-corrected chi connectivity index (χ4v) is 2.05. The maximum Gasteiger partial charge on any atom is 0.216 e. The van der Waals surface area contributed by atoms with Gasteiger partial charge in [-0.05, 0) is 24.6 Å². The van der Waals surface area contributed by atoms with Crippen LogP contribution < -0.4 is 10.6 Å². The molecule has 2 N–H and O–H groups in total. The van der Waals surface area contributed by atoms with Crippen LogP contribution in [0.15, 0.2) is 12.1 Å². The van der Waals surface area contributed by atoms with Crippen LogP contribution in [-0.2, 0) is 4.79 Å². The van der Waals surface area contributed by atoms with Gasteiger partial charge in [-0.15, -0.1) is 0 Å². The molecule has 0 saturated heterocycles. The zero-order valence-corrected chi connectivity index (χ0v) is 11.7. The van der Waals surface area contributed by atoms with Crippen molar-refractivity contribution in [2.75, 3.05) is 13.1 Å². The van der Waals surface area contributed by atoms with E-state index in [9.17, 15) is 9.18 Å². The molecule has 1 unspecified atom stereocenters. The average Bonchev–Trinajstić information content (AvgIpc) is 2.28. The molecule has 18 heavy (non-hydrogen) atoms. The van der Waals surface area contributed by atoms with Gasteiger partial charge in [0.15, 0.2) is 0 Å². The lowest BCUT2D eigenvalue weighted by Gasteiger charge is -2.16. The highest BCUT2D eigenvalue weighted by atomic mass is 35.5. The quantitative estimate of drug-likeness (QED) is 0.647. The molecule has 1 aromatic carbocycles. The molecule has 1 aromatic rings. The monoisotopic (exact) mass is 292 g/mol. The molecule has 0 aliphatic rings. The van der Waals surface area contributed by atoms with Crippen LogP contribution in [0.2, 0.25) is 10.0 Å². The molecule has 0 radical (unpaired) electrons. The number of rotatable bonds is 5. The molecule has 1 amide bonds. The Morgan fingerprint density at radius 3 is 2.61 bits per heavy atom. The van der Waals surface area contributed by atoms with Crippen molar-refractivity contribution in [3.8, 4) is 0 Å². The van der Waals surface area contributed by atoms with Gasteiger partial charge in [-0.3, -0.25) is 4.79 Å². The van der Waals surface area contributed by atoms with Crippen LogP contribution in [0.1, 0.15) is 25.5 Å². The van der Waals surface area contributed by atoms with Crippen molar-refractivity contribution in [2.24, 2.45) is 0 Å². The van der Waals surface area contributed by atoms with E-state index < -0.39 is 5.82 Å². The smallest absolute Gasteiger partial charge is 0.216 e. The highest BCUT2D eigenvalue weighted by Gasteiger charge is 2.12.